The summed E-state index contributed by atoms with van der Waals surface area (Å²) in [7, 11) is 0. The molecule has 0 bridgehead atoms. The van der Waals surface area contributed by atoms with Crippen LogP contribution >= 0.6 is 0 Å². The zero-order valence-electron chi connectivity index (χ0n) is 13.3. The normalized spacial score (nSPS) is 24.8. The summed E-state index contributed by atoms with van der Waals surface area (Å²) < 4.78 is 0. The smallest absolute Gasteiger partial charge is 0.0102 e. The number of hydrogen-bond donors (Lipinski definition) is 1. The lowest BCUT2D eigenvalue weighted by atomic mass is 9.84. The highest BCUT2D eigenvalue weighted by molar-refractivity contribution is 4.86. The Morgan fingerprint density at radius 3 is 2.56 bits per heavy atom. The van der Waals surface area contributed by atoms with Crippen molar-refractivity contribution in [2.24, 2.45) is 5.41 Å². The van der Waals surface area contributed by atoms with Crippen LogP contribution < -0.4 is 5.32 Å². The molecule has 0 amide bonds. The molecule has 1 rings (SSSR count). The molecule has 0 aromatic rings. The minimum atomic E-state index is 0.355. The molecular formula is C16H34N2. The summed E-state index contributed by atoms with van der Waals surface area (Å²) in [4.78, 5) is 2.76. The van der Waals surface area contributed by atoms with Gasteiger partial charge in [0.2, 0.25) is 0 Å². The summed E-state index contributed by atoms with van der Waals surface area (Å²) in [6.07, 6.45) is 6.96. The summed E-state index contributed by atoms with van der Waals surface area (Å²) in [5.41, 5.74) is 0.355. The predicted octanol–water partition coefficient (Wildman–Crippen LogP) is 3.67. The van der Waals surface area contributed by atoms with Gasteiger partial charge in [-0.05, 0) is 44.7 Å². The largest absolute Gasteiger partial charge is 0.314 e. The van der Waals surface area contributed by atoms with Crippen molar-refractivity contribution < 1.29 is 0 Å². The van der Waals surface area contributed by atoms with Gasteiger partial charge in [0.05, 0.1) is 0 Å². The Labute approximate surface area is 115 Å². The van der Waals surface area contributed by atoms with Crippen LogP contribution in [0.25, 0.3) is 0 Å². The number of nitrogens with zero attached hydrogens (tertiary/aromatic N) is 1. The highest BCUT2D eigenvalue weighted by atomic mass is 15.2. The third kappa shape index (κ3) is 4.55. The average Bonchev–Trinajstić information content (AvgIpc) is 2.54. The van der Waals surface area contributed by atoms with Gasteiger partial charge < -0.3 is 5.32 Å². The van der Waals surface area contributed by atoms with Gasteiger partial charge in [0, 0.05) is 18.6 Å². The third-order valence-electron chi connectivity index (χ3n) is 4.76. The lowest BCUT2D eigenvalue weighted by Gasteiger charge is -2.40. The Balaban J connectivity index is 2.61. The van der Waals surface area contributed by atoms with E-state index in [1.54, 1.807) is 0 Å². The standard InChI is InChI=1S/C16H34N2/c1-6-15-11-9-8-10-12-18(15)13-16(4,5)14(3)17-7-2/h14-15,17H,6-13H2,1-5H3. The molecule has 18 heavy (non-hydrogen) atoms. The van der Waals surface area contributed by atoms with Crippen molar-refractivity contribution in [1.29, 1.82) is 0 Å². The number of rotatable bonds is 6. The molecule has 0 aromatic heterocycles. The van der Waals surface area contributed by atoms with Gasteiger partial charge in [0.15, 0.2) is 0 Å². The molecule has 2 unspecified atom stereocenters. The van der Waals surface area contributed by atoms with Crippen LogP contribution in [0.15, 0.2) is 0 Å². The second-order valence-corrected chi connectivity index (χ2v) is 6.65. The van der Waals surface area contributed by atoms with Crippen LogP contribution in [0.5, 0.6) is 0 Å². The molecule has 1 fully saturated rings. The highest BCUT2D eigenvalue weighted by Gasteiger charge is 2.30. The van der Waals surface area contributed by atoms with Gasteiger partial charge in [-0.2, -0.15) is 0 Å². The first-order chi connectivity index (χ1) is 8.51. The van der Waals surface area contributed by atoms with Crippen LogP contribution in [-0.4, -0.2) is 36.6 Å². The molecule has 2 heteroatoms. The van der Waals surface area contributed by atoms with E-state index in [1.165, 1.54) is 45.2 Å². The summed E-state index contributed by atoms with van der Waals surface area (Å²) in [5, 5.41) is 3.60. The van der Waals surface area contributed by atoms with Gasteiger partial charge in [-0.3, -0.25) is 4.90 Å². The molecule has 2 nitrogen and oxygen atoms in total. The lowest BCUT2D eigenvalue weighted by molar-refractivity contribution is 0.105. The van der Waals surface area contributed by atoms with E-state index in [2.05, 4.69) is 44.8 Å². The van der Waals surface area contributed by atoms with Crippen molar-refractivity contribution in [3.8, 4) is 0 Å². The number of hydrogen-bond acceptors (Lipinski definition) is 2. The monoisotopic (exact) mass is 254 g/mol. The molecule has 1 saturated heterocycles. The second-order valence-electron chi connectivity index (χ2n) is 6.65. The van der Waals surface area contributed by atoms with Crippen LogP contribution in [0.4, 0.5) is 0 Å². The molecule has 0 aliphatic carbocycles. The summed E-state index contributed by atoms with van der Waals surface area (Å²) in [6.45, 7) is 15.3. The Kier molecular flexibility index (Phi) is 6.65. The quantitative estimate of drug-likeness (QED) is 0.778. The van der Waals surface area contributed by atoms with Crippen molar-refractivity contribution in [2.75, 3.05) is 19.6 Å². The van der Waals surface area contributed by atoms with Gasteiger partial charge in [0.25, 0.3) is 0 Å². The molecular weight excluding hydrogens is 220 g/mol. The van der Waals surface area contributed by atoms with Crippen LogP contribution in [0.2, 0.25) is 0 Å². The van der Waals surface area contributed by atoms with Gasteiger partial charge in [-0.1, -0.05) is 40.5 Å². The molecule has 1 heterocycles. The fourth-order valence-corrected chi connectivity index (χ4v) is 3.15. The summed E-state index contributed by atoms with van der Waals surface area (Å²) >= 11 is 0. The molecule has 1 aliphatic heterocycles. The third-order valence-corrected chi connectivity index (χ3v) is 4.76. The molecule has 1 aliphatic rings. The van der Waals surface area contributed by atoms with Crippen molar-refractivity contribution >= 4 is 0 Å². The Morgan fingerprint density at radius 1 is 1.22 bits per heavy atom. The predicted molar refractivity (Wildman–Crippen MR) is 81.0 cm³/mol. The summed E-state index contributed by atoms with van der Waals surface area (Å²) in [6, 6.07) is 1.41. The first-order valence-corrected chi connectivity index (χ1v) is 7.98. The van der Waals surface area contributed by atoms with Crippen LogP contribution in [0.3, 0.4) is 0 Å². The molecule has 108 valence electrons. The Bertz CT molecular complexity index is 225. The number of likely N-dealkylation sites (tertiary alicyclic amines) is 1. The van der Waals surface area contributed by atoms with E-state index in [1.807, 2.05) is 0 Å². The van der Waals surface area contributed by atoms with Gasteiger partial charge in [0.1, 0.15) is 0 Å². The molecule has 0 aromatic carbocycles. The van der Waals surface area contributed by atoms with E-state index in [-0.39, 0.29) is 0 Å². The Morgan fingerprint density at radius 2 is 1.94 bits per heavy atom. The molecule has 0 spiro atoms. The first kappa shape index (κ1) is 16.0. The van der Waals surface area contributed by atoms with E-state index in [9.17, 15) is 0 Å². The molecule has 1 N–H and O–H groups in total. The maximum Gasteiger partial charge on any atom is 0.0102 e. The van der Waals surface area contributed by atoms with Crippen molar-refractivity contribution in [3.63, 3.8) is 0 Å². The van der Waals surface area contributed by atoms with Crippen molar-refractivity contribution in [1.82, 2.24) is 10.2 Å². The SMILES string of the molecule is CCNC(C)C(C)(C)CN1CCCCCC1CC. The Hall–Kier alpha value is -0.0800. The zero-order chi connectivity index (χ0) is 13.6. The molecule has 0 saturated carbocycles. The van der Waals surface area contributed by atoms with Crippen molar-refractivity contribution in [3.05, 3.63) is 0 Å². The van der Waals surface area contributed by atoms with E-state index in [0.717, 1.165) is 12.6 Å². The van der Waals surface area contributed by atoms with E-state index < -0.39 is 0 Å². The lowest BCUT2D eigenvalue weighted by Crippen LogP contribution is -2.49. The molecule has 0 radical (unpaired) electrons. The minimum Gasteiger partial charge on any atom is -0.314 e. The average molecular weight is 254 g/mol. The van der Waals surface area contributed by atoms with Gasteiger partial charge >= 0.3 is 0 Å². The number of nitrogens with one attached hydrogen (secondary N) is 1. The van der Waals surface area contributed by atoms with Crippen molar-refractivity contribution in [2.45, 2.75) is 78.8 Å². The maximum atomic E-state index is 3.60. The van der Waals surface area contributed by atoms with Gasteiger partial charge in [-0.25, -0.2) is 0 Å². The maximum absolute atomic E-state index is 3.60. The van der Waals surface area contributed by atoms with Gasteiger partial charge in [-0.15, -0.1) is 0 Å². The fraction of sp³-hybridized carbons (Fsp3) is 1.00. The summed E-state index contributed by atoms with van der Waals surface area (Å²) in [5.74, 6) is 0. The first-order valence-electron chi connectivity index (χ1n) is 7.98. The van der Waals surface area contributed by atoms with Crippen LogP contribution in [-0.2, 0) is 0 Å². The molecule has 2 atom stereocenters. The van der Waals surface area contributed by atoms with E-state index in [4.69, 9.17) is 0 Å². The van der Waals surface area contributed by atoms with E-state index in [0.29, 0.717) is 11.5 Å². The topological polar surface area (TPSA) is 15.3 Å². The van der Waals surface area contributed by atoms with E-state index >= 15 is 0 Å². The van der Waals surface area contributed by atoms with Crippen LogP contribution in [0, 0.1) is 5.41 Å². The fourth-order valence-electron chi connectivity index (χ4n) is 3.15. The zero-order valence-corrected chi connectivity index (χ0v) is 13.3. The second kappa shape index (κ2) is 7.49. The van der Waals surface area contributed by atoms with Crippen LogP contribution in [0.1, 0.15) is 66.7 Å². The highest BCUT2D eigenvalue weighted by Crippen LogP contribution is 2.27. The minimum absolute atomic E-state index is 0.355.